The molecule has 0 bridgehead atoms. The highest BCUT2D eigenvalue weighted by atomic mass is 16.5. The number of rotatable bonds is 15. The molecule has 238 valence electrons. The van der Waals surface area contributed by atoms with E-state index in [0.717, 1.165) is 28.2 Å². The Labute approximate surface area is 265 Å². The summed E-state index contributed by atoms with van der Waals surface area (Å²) < 4.78 is 5.28. The van der Waals surface area contributed by atoms with Gasteiger partial charge in [0.2, 0.25) is 5.91 Å². The molecule has 9 nitrogen and oxygen atoms in total. The minimum absolute atomic E-state index is 0.0181. The number of hydrogen-bond donors (Lipinski definition) is 5. The maximum Gasteiger partial charge on any atom is 0.408 e. The fourth-order valence-corrected chi connectivity index (χ4v) is 5.22. The van der Waals surface area contributed by atoms with Crippen LogP contribution in [0.25, 0.3) is 0 Å². The average molecular weight is 613 g/mol. The highest BCUT2D eigenvalue weighted by Gasteiger charge is 2.32. The molecule has 1 heterocycles. The SMILES string of the molecule is CC(C)c1cnc([C@H](Cc2ccccc2)C[C@H](O)[C@H](Cc2ccccc2)NC(=O)[C@@H](NC(=O)OCc2ccccc2)C(C)O)[nH]1. The zero-order valence-electron chi connectivity index (χ0n) is 26.1. The number of nitrogens with zero attached hydrogens (tertiary/aromatic N) is 1. The first-order valence-corrected chi connectivity index (χ1v) is 15.5. The molecule has 4 rings (SSSR count). The molecule has 2 amide bonds. The van der Waals surface area contributed by atoms with Gasteiger partial charge in [-0.2, -0.15) is 0 Å². The molecule has 0 saturated carbocycles. The highest BCUT2D eigenvalue weighted by Crippen LogP contribution is 2.27. The lowest BCUT2D eigenvalue weighted by Gasteiger charge is -2.30. The molecule has 0 radical (unpaired) electrons. The van der Waals surface area contributed by atoms with Gasteiger partial charge in [-0.05, 0) is 48.8 Å². The second kappa shape index (κ2) is 16.6. The number of aliphatic hydroxyl groups is 2. The molecule has 5 atom stereocenters. The zero-order chi connectivity index (χ0) is 32.2. The number of imidazole rings is 1. The van der Waals surface area contributed by atoms with Crippen LogP contribution in [0, 0.1) is 0 Å². The largest absolute Gasteiger partial charge is 0.445 e. The Morgan fingerprint density at radius 1 is 0.800 bits per heavy atom. The number of aromatic nitrogens is 2. The van der Waals surface area contributed by atoms with Crippen LogP contribution in [0.5, 0.6) is 0 Å². The number of H-pyrrole nitrogens is 1. The number of carbonyl (C=O) groups is 2. The van der Waals surface area contributed by atoms with Crippen LogP contribution in [0.4, 0.5) is 4.79 Å². The fourth-order valence-electron chi connectivity index (χ4n) is 5.22. The van der Waals surface area contributed by atoms with E-state index in [4.69, 9.17) is 4.74 Å². The quantitative estimate of drug-likeness (QED) is 0.128. The number of aromatic amines is 1. The van der Waals surface area contributed by atoms with E-state index in [1.807, 2.05) is 97.2 Å². The summed E-state index contributed by atoms with van der Waals surface area (Å²) in [6, 6.07) is 26.7. The second-order valence-corrected chi connectivity index (χ2v) is 11.8. The van der Waals surface area contributed by atoms with Crippen LogP contribution in [0.15, 0.2) is 97.2 Å². The van der Waals surface area contributed by atoms with Crippen molar-refractivity contribution in [2.24, 2.45) is 0 Å². The van der Waals surface area contributed by atoms with E-state index in [-0.39, 0.29) is 18.4 Å². The number of nitrogens with one attached hydrogen (secondary N) is 3. The lowest BCUT2D eigenvalue weighted by Crippen LogP contribution is -2.57. The number of ether oxygens (including phenoxy) is 1. The summed E-state index contributed by atoms with van der Waals surface area (Å²) in [5.41, 5.74) is 3.83. The molecule has 1 unspecified atom stereocenters. The Morgan fingerprint density at radius 2 is 1.36 bits per heavy atom. The Balaban J connectivity index is 1.51. The highest BCUT2D eigenvalue weighted by molar-refractivity contribution is 5.86. The van der Waals surface area contributed by atoms with Crippen molar-refractivity contribution in [3.05, 3.63) is 125 Å². The Kier molecular flexibility index (Phi) is 12.3. The van der Waals surface area contributed by atoms with Gasteiger partial charge in [0.05, 0.1) is 18.2 Å². The lowest BCUT2D eigenvalue weighted by atomic mass is 9.88. The van der Waals surface area contributed by atoms with Crippen LogP contribution in [-0.4, -0.2) is 56.5 Å². The van der Waals surface area contributed by atoms with Crippen molar-refractivity contribution >= 4 is 12.0 Å². The summed E-state index contributed by atoms with van der Waals surface area (Å²) >= 11 is 0. The summed E-state index contributed by atoms with van der Waals surface area (Å²) in [6.07, 6.45) is 0.100. The van der Waals surface area contributed by atoms with E-state index >= 15 is 0 Å². The predicted octanol–water partition coefficient (Wildman–Crippen LogP) is 5.01. The van der Waals surface area contributed by atoms with Crippen LogP contribution in [-0.2, 0) is 29.0 Å². The van der Waals surface area contributed by atoms with Gasteiger partial charge in [-0.15, -0.1) is 0 Å². The van der Waals surface area contributed by atoms with Crippen LogP contribution < -0.4 is 10.6 Å². The summed E-state index contributed by atoms with van der Waals surface area (Å²) in [6.45, 7) is 5.62. The third-order valence-corrected chi connectivity index (χ3v) is 7.82. The number of benzene rings is 3. The Bertz CT molecular complexity index is 1460. The summed E-state index contributed by atoms with van der Waals surface area (Å²) in [5, 5.41) is 27.6. The molecule has 0 aliphatic heterocycles. The standard InChI is InChI=1S/C36H44N4O5/c1-24(2)31-22-37-34(38-31)29(19-26-13-7-4-8-14-26)21-32(42)30(20-27-15-9-5-10-16-27)39-35(43)33(25(3)41)40-36(44)45-23-28-17-11-6-12-18-28/h4-18,22,24-25,29-30,32-33,41-42H,19-21,23H2,1-3H3,(H,37,38)(H,39,43)(H,40,44)/t25?,29-,30+,32+,33+/m1/s1. The number of amides is 2. The predicted molar refractivity (Wildman–Crippen MR) is 173 cm³/mol. The second-order valence-electron chi connectivity index (χ2n) is 11.8. The molecular weight excluding hydrogens is 568 g/mol. The van der Waals surface area contributed by atoms with E-state index < -0.39 is 36.3 Å². The van der Waals surface area contributed by atoms with Crippen LogP contribution >= 0.6 is 0 Å². The monoisotopic (exact) mass is 612 g/mol. The van der Waals surface area contributed by atoms with Crippen molar-refractivity contribution in [1.29, 1.82) is 0 Å². The van der Waals surface area contributed by atoms with E-state index in [9.17, 15) is 19.8 Å². The molecule has 1 aromatic heterocycles. The summed E-state index contributed by atoms with van der Waals surface area (Å²) in [5.74, 6) is 0.254. The minimum atomic E-state index is -1.29. The first kappa shape index (κ1) is 33.4. The average Bonchev–Trinajstić information content (AvgIpc) is 3.54. The van der Waals surface area contributed by atoms with Gasteiger partial charge in [0.25, 0.3) is 0 Å². The molecule has 3 aromatic carbocycles. The van der Waals surface area contributed by atoms with Crippen LogP contribution in [0.3, 0.4) is 0 Å². The van der Waals surface area contributed by atoms with Gasteiger partial charge in [0, 0.05) is 17.8 Å². The minimum Gasteiger partial charge on any atom is -0.445 e. The smallest absolute Gasteiger partial charge is 0.408 e. The zero-order valence-corrected chi connectivity index (χ0v) is 26.1. The number of alkyl carbamates (subject to hydrolysis) is 1. The molecule has 5 N–H and O–H groups in total. The number of aliphatic hydroxyl groups excluding tert-OH is 2. The summed E-state index contributed by atoms with van der Waals surface area (Å²) in [4.78, 5) is 34.2. The molecule has 0 aliphatic rings. The fraction of sp³-hybridized carbons (Fsp3) is 0.361. The van der Waals surface area contributed by atoms with E-state index in [2.05, 4.69) is 34.4 Å². The first-order chi connectivity index (χ1) is 21.7. The van der Waals surface area contributed by atoms with Gasteiger partial charge in [0.15, 0.2) is 0 Å². The normalized spacial score (nSPS) is 14.6. The molecule has 45 heavy (non-hydrogen) atoms. The lowest BCUT2D eigenvalue weighted by molar-refractivity contribution is -0.127. The molecule has 9 heteroatoms. The van der Waals surface area contributed by atoms with Gasteiger partial charge in [-0.25, -0.2) is 9.78 Å². The molecule has 0 aliphatic carbocycles. The maximum absolute atomic E-state index is 13.6. The third kappa shape index (κ3) is 10.3. The number of hydrogen-bond acceptors (Lipinski definition) is 6. The molecule has 0 fully saturated rings. The van der Waals surface area contributed by atoms with Crippen molar-refractivity contribution in [2.45, 2.75) is 82.8 Å². The van der Waals surface area contributed by atoms with E-state index in [0.29, 0.717) is 19.3 Å². The first-order valence-electron chi connectivity index (χ1n) is 15.5. The Hall–Kier alpha value is -4.47. The summed E-state index contributed by atoms with van der Waals surface area (Å²) in [7, 11) is 0. The van der Waals surface area contributed by atoms with Gasteiger partial charge >= 0.3 is 6.09 Å². The van der Waals surface area contributed by atoms with E-state index in [1.165, 1.54) is 6.92 Å². The molecular formula is C36H44N4O5. The van der Waals surface area contributed by atoms with Crippen molar-refractivity contribution in [3.8, 4) is 0 Å². The molecule has 4 aromatic rings. The van der Waals surface area contributed by atoms with Crippen LogP contribution in [0.1, 0.15) is 67.2 Å². The van der Waals surface area contributed by atoms with Crippen molar-refractivity contribution in [1.82, 2.24) is 20.6 Å². The molecule has 0 spiro atoms. The van der Waals surface area contributed by atoms with Crippen molar-refractivity contribution < 1.29 is 24.5 Å². The van der Waals surface area contributed by atoms with Crippen LogP contribution in [0.2, 0.25) is 0 Å². The Morgan fingerprint density at radius 3 is 1.89 bits per heavy atom. The van der Waals surface area contributed by atoms with Gasteiger partial charge in [-0.1, -0.05) is 105 Å². The van der Waals surface area contributed by atoms with Gasteiger partial charge in [-0.3, -0.25) is 4.79 Å². The van der Waals surface area contributed by atoms with Gasteiger partial charge < -0.3 is 30.6 Å². The number of carbonyl (C=O) groups excluding carboxylic acids is 2. The third-order valence-electron chi connectivity index (χ3n) is 7.82. The van der Waals surface area contributed by atoms with Crippen molar-refractivity contribution in [2.75, 3.05) is 0 Å². The topological polar surface area (TPSA) is 137 Å². The van der Waals surface area contributed by atoms with E-state index in [1.54, 1.807) is 0 Å². The maximum atomic E-state index is 13.6. The van der Waals surface area contributed by atoms with Gasteiger partial charge in [0.1, 0.15) is 18.5 Å². The molecule has 0 saturated heterocycles. The van der Waals surface area contributed by atoms with Crippen molar-refractivity contribution in [3.63, 3.8) is 0 Å².